The molecule has 2 aliphatic rings. The van der Waals surface area contributed by atoms with E-state index in [4.69, 9.17) is 42.1 Å². The predicted molar refractivity (Wildman–Crippen MR) is 200 cm³/mol. The van der Waals surface area contributed by atoms with Crippen LogP contribution in [0, 0.1) is 19.8 Å². The molecule has 0 saturated carbocycles. The maximum atomic E-state index is 12.2. The third-order valence-electron chi connectivity index (χ3n) is 9.53. The molecule has 3 heterocycles. The molecule has 10 nitrogen and oxygen atoms in total. The summed E-state index contributed by atoms with van der Waals surface area (Å²) in [6.07, 6.45) is 6.38. The highest BCUT2D eigenvalue weighted by molar-refractivity contribution is 6.35. The second-order valence-corrected chi connectivity index (χ2v) is 14.8. The average molecular weight is 831 g/mol. The fourth-order valence-corrected chi connectivity index (χ4v) is 7.30. The van der Waals surface area contributed by atoms with Crippen molar-refractivity contribution >= 4 is 40.8 Å². The van der Waals surface area contributed by atoms with Gasteiger partial charge in [-0.15, -0.1) is 0 Å². The van der Waals surface area contributed by atoms with Crippen LogP contribution in [0.3, 0.4) is 0 Å². The van der Waals surface area contributed by atoms with Crippen molar-refractivity contribution in [3.05, 3.63) is 106 Å². The molecular formula is C40H47BrCl2N4O6. The van der Waals surface area contributed by atoms with Gasteiger partial charge >= 0.3 is 5.97 Å². The Morgan fingerprint density at radius 1 is 1.00 bits per heavy atom. The summed E-state index contributed by atoms with van der Waals surface area (Å²) >= 11 is 13.1. The lowest BCUT2D eigenvalue weighted by Gasteiger charge is -2.40. The number of ether oxygens (including phenoxy) is 4. The Kier molecular flexibility index (Phi) is 13.5. The number of halogens is 3. The number of amides is 1. The molecule has 4 aromatic rings. The number of benzene rings is 3. The van der Waals surface area contributed by atoms with Gasteiger partial charge in [0.25, 0.3) is 0 Å². The van der Waals surface area contributed by atoms with Crippen molar-refractivity contribution in [2.24, 2.45) is 5.92 Å². The van der Waals surface area contributed by atoms with E-state index in [2.05, 4.69) is 33.7 Å². The fourth-order valence-electron chi connectivity index (χ4n) is 6.75. The highest BCUT2D eigenvalue weighted by atomic mass is 79.9. The standard InChI is InChI=1S/C40H47Cl2N4O6.BrH/c1-27(2)39(48)51-38-28(3)20-31(21-29(38)4)23-43-13-14-44(26-43)25-40(36-11-6-32(41)22-37(36)42)50-19-12-35(52-40)24-49-34-9-7-33(8-10-34)46-17-15-45(16-18-46)30(5)47;/h6-11,13-14,20-22,26-27,35H,12,15-19,23-25H2,1-5H3;1H/q+1;/p-1/t35-,40-;/m0./s1. The van der Waals surface area contributed by atoms with Gasteiger partial charge in [-0.05, 0) is 79.1 Å². The van der Waals surface area contributed by atoms with Gasteiger partial charge in [0.05, 0.1) is 23.7 Å². The van der Waals surface area contributed by atoms with Gasteiger partial charge in [0.15, 0.2) is 0 Å². The van der Waals surface area contributed by atoms with Crippen LogP contribution in [0.1, 0.15) is 49.4 Å². The summed E-state index contributed by atoms with van der Waals surface area (Å²) in [7, 11) is 0. The minimum atomic E-state index is -1.19. The summed E-state index contributed by atoms with van der Waals surface area (Å²) in [6.45, 7) is 14.0. The van der Waals surface area contributed by atoms with E-state index in [-0.39, 0.29) is 40.9 Å². The number of aromatic nitrogens is 2. The van der Waals surface area contributed by atoms with Gasteiger partial charge in [-0.3, -0.25) is 9.59 Å². The summed E-state index contributed by atoms with van der Waals surface area (Å²) in [4.78, 5) is 28.1. The zero-order valence-electron chi connectivity index (χ0n) is 30.8. The number of piperazine rings is 1. The average Bonchev–Trinajstić information content (AvgIpc) is 3.55. The van der Waals surface area contributed by atoms with E-state index in [0.717, 1.165) is 54.3 Å². The van der Waals surface area contributed by atoms with Gasteiger partial charge in [-0.2, -0.15) is 0 Å². The molecule has 0 N–H and O–H groups in total. The quantitative estimate of drug-likeness (QED) is 0.130. The maximum Gasteiger partial charge on any atom is 0.313 e. The number of hydrogen-bond acceptors (Lipinski definition) is 7. The van der Waals surface area contributed by atoms with Crippen LogP contribution in [0.4, 0.5) is 5.69 Å². The van der Waals surface area contributed by atoms with Crippen LogP contribution in [0.25, 0.3) is 0 Å². The second kappa shape index (κ2) is 17.7. The number of imidazole rings is 1. The molecule has 53 heavy (non-hydrogen) atoms. The molecule has 2 saturated heterocycles. The number of nitrogens with zero attached hydrogens (tertiary/aromatic N) is 4. The Labute approximate surface area is 332 Å². The van der Waals surface area contributed by atoms with E-state index in [9.17, 15) is 9.59 Å². The number of aryl methyl sites for hydroxylation is 2. The first-order valence-corrected chi connectivity index (χ1v) is 18.5. The lowest BCUT2D eigenvalue weighted by molar-refractivity contribution is -0.688. The van der Waals surface area contributed by atoms with E-state index in [0.29, 0.717) is 54.1 Å². The number of rotatable bonds is 11. The molecule has 3 aromatic carbocycles. The summed E-state index contributed by atoms with van der Waals surface area (Å²) in [5.74, 6) is -0.145. The summed E-state index contributed by atoms with van der Waals surface area (Å²) < 4.78 is 29.3. The molecule has 1 amide bonds. The molecule has 13 heteroatoms. The number of carbonyl (C=O) groups excluding carboxylic acids is 2. The number of hydrogen-bond donors (Lipinski definition) is 0. The number of esters is 1. The molecule has 2 fully saturated rings. The zero-order valence-corrected chi connectivity index (χ0v) is 33.9. The number of carbonyl (C=O) groups is 2. The SMILES string of the molecule is CC(=O)N1CCN(c2ccc(OC[C@@H]3CCO[C@](Cn4cc[n+](Cc5cc(C)c(OC(=O)C(C)C)c(C)c5)c4)(c4ccc(Cl)cc4Cl)O3)cc2)CC1.[Br-]. The van der Waals surface area contributed by atoms with Crippen molar-refractivity contribution in [1.29, 1.82) is 0 Å². The Balaban J connectivity index is 0.00000541. The van der Waals surface area contributed by atoms with Crippen molar-refractivity contribution in [2.45, 2.75) is 66.0 Å². The topological polar surface area (TPSA) is 86.4 Å². The minimum Gasteiger partial charge on any atom is -1.00 e. The zero-order chi connectivity index (χ0) is 37.0. The predicted octanol–water partition coefficient (Wildman–Crippen LogP) is 3.72. The fraction of sp³-hybridized carbons (Fsp3) is 0.425. The molecule has 0 aliphatic carbocycles. The van der Waals surface area contributed by atoms with Crippen LogP contribution in [0.15, 0.2) is 73.3 Å². The summed E-state index contributed by atoms with van der Waals surface area (Å²) in [6, 6.07) is 17.5. The first-order valence-electron chi connectivity index (χ1n) is 17.8. The van der Waals surface area contributed by atoms with E-state index >= 15 is 0 Å². The smallest absolute Gasteiger partial charge is 0.313 e. The monoisotopic (exact) mass is 828 g/mol. The largest absolute Gasteiger partial charge is 1.00 e. The van der Waals surface area contributed by atoms with Gasteiger partial charge in [0.1, 0.15) is 43.6 Å². The van der Waals surface area contributed by atoms with Gasteiger partial charge in [0, 0.05) is 55.8 Å². The Hall–Kier alpha value is -3.61. The first kappa shape index (κ1) is 40.6. The van der Waals surface area contributed by atoms with E-state index in [1.165, 1.54) is 0 Å². The highest BCUT2D eigenvalue weighted by Gasteiger charge is 2.44. The van der Waals surface area contributed by atoms with E-state index in [1.54, 1.807) is 19.1 Å². The maximum absolute atomic E-state index is 12.2. The van der Waals surface area contributed by atoms with Gasteiger partial charge in [-0.25, -0.2) is 9.13 Å². The third-order valence-corrected chi connectivity index (χ3v) is 10.1. The normalized spacial score (nSPS) is 18.8. The van der Waals surface area contributed by atoms with Crippen molar-refractivity contribution in [3.63, 3.8) is 0 Å². The van der Waals surface area contributed by atoms with Crippen LogP contribution in [0.5, 0.6) is 11.5 Å². The van der Waals surface area contributed by atoms with Crippen LogP contribution in [-0.4, -0.2) is 66.8 Å². The highest BCUT2D eigenvalue weighted by Crippen LogP contribution is 2.40. The first-order chi connectivity index (χ1) is 24.9. The Bertz CT molecular complexity index is 1870. The van der Waals surface area contributed by atoms with E-state index < -0.39 is 5.79 Å². The minimum absolute atomic E-state index is 0. The summed E-state index contributed by atoms with van der Waals surface area (Å²) in [5.41, 5.74) is 4.71. The Morgan fingerprint density at radius 3 is 2.34 bits per heavy atom. The molecule has 2 aliphatic heterocycles. The van der Waals surface area contributed by atoms with E-state index in [1.807, 2.05) is 74.1 Å². The van der Waals surface area contributed by atoms with Gasteiger partial charge in [-0.1, -0.05) is 43.1 Å². The van der Waals surface area contributed by atoms with Crippen molar-refractivity contribution in [3.8, 4) is 11.5 Å². The van der Waals surface area contributed by atoms with Crippen molar-refractivity contribution < 1.29 is 50.1 Å². The lowest BCUT2D eigenvalue weighted by Crippen LogP contribution is -3.00. The molecule has 6 rings (SSSR count). The van der Waals surface area contributed by atoms with Gasteiger partial charge in [0.2, 0.25) is 18.0 Å². The van der Waals surface area contributed by atoms with Gasteiger partial charge < -0.3 is 45.7 Å². The molecule has 0 spiro atoms. The van der Waals surface area contributed by atoms with Crippen LogP contribution >= 0.6 is 23.2 Å². The van der Waals surface area contributed by atoms with Crippen LogP contribution in [-0.2, 0) is 37.9 Å². The summed E-state index contributed by atoms with van der Waals surface area (Å²) in [5, 5.41) is 0.983. The molecule has 0 radical (unpaired) electrons. The third kappa shape index (κ3) is 9.93. The van der Waals surface area contributed by atoms with Crippen molar-refractivity contribution in [1.82, 2.24) is 9.47 Å². The second-order valence-electron chi connectivity index (χ2n) is 13.9. The molecule has 0 bridgehead atoms. The molecule has 2 atom stereocenters. The molecule has 0 unspecified atom stereocenters. The van der Waals surface area contributed by atoms with Crippen LogP contribution in [0.2, 0.25) is 10.0 Å². The Morgan fingerprint density at radius 2 is 1.70 bits per heavy atom. The molecular weight excluding hydrogens is 783 g/mol. The lowest BCUT2D eigenvalue weighted by atomic mass is 10.0. The van der Waals surface area contributed by atoms with Crippen LogP contribution < -0.4 is 35.9 Å². The number of anilines is 1. The molecule has 1 aromatic heterocycles. The van der Waals surface area contributed by atoms with Crippen molar-refractivity contribution in [2.75, 3.05) is 44.3 Å². The molecule has 284 valence electrons.